The molecule has 1 aromatic rings. The number of nitro benzene ring substituents is 1. The van der Waals surface area contributed by atoms with Crippen molar-refractivity contribution in [2.45, 2.75) is 25.3 Å². The molecular weight excluding hydrogens is 264 g/mol. The van der Waals surface area contributed by atoms with Gasteiger partial charge in [-0.3, -0.25) is 14.9 Å². The van der Waals surface area contributed by atoms with Crippen LogP contribution in [0.25, 0.3) is 0 Å². The first-order chi connectivity index (χ1) is 9.46. The minimum Gasteiger partial charge on any atom is -0.394 e. The van der Waals surface area contributed by atoms with E-state index in [9.17, 15) is 25.1 Å². The van der Waals surface area contributed by atoms with Crippen molar-refractivity contribution in [3.8, 4) is 0 Å². The molecule has 1 aromatic carbocycles. The fourth-order valence-corrected chi connectivity index (χ4v) is 1.70. The summed E-state index contributed by atoms with van der Waals surface area (Å²) in [5.74, 6) is -0.358. The van der Waals surface area contributed by atoms with E-state index in [1.54, 1.807) is 6.92 Å². The van der Waals surface area contributed by atoms with Crippen LogP contribution in [0.5, 0.6) is 0 Å². The Balaban J connectivity index is 2.68. The van der Waals surface area contributed by atoms with Gasteiger partial charge in [-0.1, -0.05) is 19.1 Å². The first-order valence-electron chi connectivity index (χ1n) is 6.22. The van der Waals surface area contributed by atoms with Crippen LogP contribution in [0.1, 0.15) is 18.9 Å². The summed E-state index contributed by atoms with van der Waals surface area (Å²) in [5.41, 5.74) is -0.450. The van der Waals surface area contributed by atoms with Crippen LogP contribution in [-0.2, 0) is 11.2 Å². The van der Waals surface area contributed by atoms with Gasteiger partial charge < -0.3 is 15.5 Å². The van der Waals surface area contributed by atoms with Crippen molar-refractivity contribution in [2.75, 3.05) is 13.2 Å². The zero-order valence-corrected chi connectivity index (χ0v) is 11.2. The molecule has 7 heteroatoms. The van der Waals surface area contributed by atoms with Crippen LogP contribution in [0, 0.1) is 10.1 Å². The Morgan fingerprint density at radius 1 is 1.30 bits per heavy atom. The number of hydrogen-bond acceptors (Lipinski definition) is 5. The quantitative estimate of drug-likeness (QED) is 0.494. The Labute approximate surface area is 116 Å². The fourth-order valence-electron chi connectivity index (χ4n) is 1.70. The molecule has 0 saturated carbocycles. The fraction of sp³-hybridized carbons (Fsp3) is 0.462. The lowest BCUT2D eigenvalue weighted by atomic mass is 9.98. The second-order valence-corrected chi connectivity index (χ2v) is 4.60. The maximum Gasteiger partial charge on any atom is 0.269 e. The van der Waals surface area contributed by atoms with Crippen molar-refractivity contribution in [3.05, 3.63) is 39.9 Å². The number of amides is 1. The van der Waals surface area contributed by atoms with Crippen molar-refractivity contribution in [1.82, 2.24) is 5.32 Å². The van der Waals surface area contributed by atoms with Gasteiger partial charge in [-0.25, -0.2) is 0 Å². The van der Waals surface area contributed by atoms with Gasteiger partial charge in [-0.2, -0.15) is 0 Å². The Kier molecular flexibility index (Phi) is 5.60. The summed E-state index contributed by atoms with van der Waals surface area (Å²) in [6.45, 7) is 1.04. The van der Waals surface area contributed by atoms with Crippen LogP contribution in [0.15, 0.2) is 24.3 Å². The van der Waals surface area contributed by atoms with Gasteiger partial charge in [0, 0.05) is 12.1 Å². The Hall–Kier alpha value is -1.99. The van der Waals surface area contributed by atoms with E-state index in [1.165, 1.54) is 24.3 Å². The van der Waals surface area contributed by atoms with Crippen LogP contribution in [-0.4, -0.2) is 39.8 Å². The molecule has 0 aliphatic carbocycles. The smallest absolute Gasteiger partial charge is 0.269 e. The zero-order chi connectivity index (χ0) is 15.2. The van der Waals surface area contributed by atoms with E-state index in [1.807, 2.05) is 0 Å². The highest BCUT2D eigenvalue weighted by molar-refractivity contribution is 5.79. The van der Waals surface area contributed by atoms with Gasteiger partial charge in [0.2, 0.25) is 5.91 Å². The molecule has 3 N–H and O–H groups in total. The molecule has 0 radical (unpaired) electrons. The maximum atomic E-state index is 11.9. The van der Waals surface area contributed by atoms with E-state index in [0.29, 0.717) is 12.0 Å². The summed E-state index contributed by atoms with van der Waals surface area (Å²) < 4.78 is 0. The predicted molar refractivity (Wildman–Crippen MR) is 72.1 cm³/mol. The molecule has 1 rings (SSSR count). The summed E-state index contributed by atoms with van der Waals surface area (Å²) in [7, 11) is 0. The molecule has 0 bridgehead atoms. The summed E-state index contributed by atoms with van der Waals surface area (Å²) in [5, 5.41) is 31.6. The number of nitro groups is 1. The second kappa shape index (κ2) is 6.97. The van der Waals surface area contributed by atoms with Crippen LogP contribution >= 0.6 is 0 Å². The molecule has 0 fully saturated rings. The largest absolute Gasteiger partial charge is 0.394 e. The first kappa shape index (κ1) is 16.1. The molecule has 0 spiro atoms. The third-order valence-electron chi connectivity index (χ3n) is 3.20. The monoisotopic (exact) mass is 282 g/mol. The number of benzene rings is 1. The molecule has 0 unspecified atom stereocenters. The first-order valence-corrected chi connectivity index (χ1v) is 6.22. The van der Waals surface area contributed by atoms with Crippen LogP contribution < -0.4 is 5.32 Å². The number of rotatable bonds is 7. The Morgan fingerprint density at radius 3 is 2.25 bits per heavy atom. The van der Waals surface area contributed by atoms with Crippen molar-refractivity contribution in [1.29, 1.82) is 0 Å². The van der Waals surface area contributed by atoms with E-state index in [4.69, 9.17) is 0 Å². The Morgan fingerprint density at radius 2 is 1.85 bits per heavy atom. The minimum atomic E-state index is -1.03. The van der Waals surface area contributed by atoms with Crippen molar-refractivity contribution < 1.29 is 19.9 Å². The highest BCUT2D eigenvalue weighted by Crippen LogP contribution is 2.13. The lowest BCUT2D eigenvalue weighted by Crippen LogP contribution is -2.54. The van der Waals surface area contributed by atoms with E-state index in [2.05, 4.69) is 5.32 Å². The van der Waals surface area contributed by atoms with Gasteiger partial charge >= 0.3 is 0 Å². The number of nitrogens with zero attached hydrogens (tertiary/aromatic N) is 1. The SMILES string of the molecule is CCC(CO)(CO)NC(=O)Cc1ccc([N+](=O)[O-])cc1. The lowest BCUT2D eigenvalue weighted by Gasteiger charge is -2.29. The number of nitrogens with one attached hydrogen (secondary N) is 1. The molecule has 0 aromatic heterocycles. The normalized spacial score (nSPS) is 11.2. The number of hydrogen-bond donors (Lipinski definition) is 3. The molecule has 0 atom stereocenters. The number of aliphatic hydroxyl groups excluding tert-OH is 2. The zero-order valence-electron chi connectivity index (χ0n) is 11.2. The topological polar surface area (TPSA) is 113 Å². The predicted octanol–water partition coefficient (Wildman–Crippen LogP) is 0.387. The molecule has 20 heavy (non-hydrogen) atoms. The van der Waals surface area contributed by atoms with Crippen molar-refractivity contribution >= 4 is 11.6 Å². The van der Waals surface area contributed by atoms with Gasteiger partial charge in [0.05, 0.1) is 30.1 Å². The molecule has 1 amide bonds. The number of carbonyl (C=O) groups is 1. The molecule has 0 heterocycles. The van der Waals surface area contributed by atoms with Gasteiger partial charge in [-0.15, -0.1) is 0 Å². The van der Waals surface area contributed by atoms with Crippen LogP contribution in [0.2, 0.25) is 0 Å². The summed E-state index contributed by atoms with van der Waals surface area (Å²) >= 11 is 0. The number of carbonyl (C=O) groups excluding carboxylic acids is 1. The van der Waals surface area contributed by atoms with Gasteiger partial charge in [-0.05, 0) is 12.0 Å². The van der Waals surface area contributed by atoms with E-state index in [-0.39, 0.29) is 31.2 Å². The summed E-state index contributed by atoms with van der Waals surface area (Å²) in [6.07, 6.45) is 0.422. The summed E-state index contributed by atoms with van der Waals surface area (Å²) in [6, 6.07) is 5.66. The Bertz CT molecular complexity index is 460. The molecular formula is C13H18N2O5. The van der Waals surface area contributed by atoms with Gasteiger partial charge in [0.15, 0.2) is 0 Å². The van der Waals surface area contributed by atoms with Crippen molar-refractivity contribution in [3.63, 3.8) is 0 Å². The second-order valence-electron chi connectivity index (χ2n) is 4.60. The van der Waals surface area contributed by atoms with Crippen molar-refractivity contribution in [2.24, 2.45) is 0 Å². The number of non-ortho nitro benzene ring substituents is 1. The van der Waals surface area contributed by atoms with Gasteiger partial charge in [0.1, 0.15) is 0 Å². The standard InChI is InChI=1S/C13H18N2O5/c1-2-13(8-16,9-17)14-12(18)7-10-3-5-11(6-4-10)15(19)20/h3-6,16-17H,2,7-9H2,1H3,(H,14,18). The third-order valence-corrected chi connectivity index (χ3v) is 3.20. The highest BCUT2D eigenvalue weighted by atomic mass is 16.6. The van der Waals surface area contributed by atoms with E-state index < -0.39 is 10.5 Å². The lowest BCUT2D eigenvalue weighted by molar-refractivity contribution is -0.384. The third kappa shape index (κ3) is 4.01. The highest BCUT2D eigenvalue weighted by Gasteiger charge is 2.28. The average molecular weight is 282 g/mol. The number of aliphatic hydroxyl groups is 2. The van der Waals surface area contributed by atoms with E-state index >= 15 is 0 Å². The summed E-state index contributed by atoms with van der Waals surface area (Å²) in [4.78, 5) is 21.9. The van der Waals surface area contributed by atoms with Crippen LogP contribution in [0.3, 0.4) is 0 Å². The maximum absolute atomic E-state index is 11.9. The molecule has 7 nitrogen and oxygen atoms in total. The molecule has 0 saturated heterocycles. The van der Waals surface area contributed by atoms with E-state index in [0.717, 1.165) is 0 Å². The van der Waals surface area contributed by atoms with Crippen LogP contribution in [0.4, 0.5) is 5.69 Å². The molecule has 0 aliphatic rings. The minimum absolute atomic E-state index is 0.0275. The molecule has 0 aliphatic heterocycles. The molecule has 110 valence electrons. The average Bonchev–Trinajstić information content (AvgIpc) is 2.45. The van der Waals surface area contributed by atoms with Gasteiger partial charge in [0.25, 0.3) is 5.69 Å².